The molecule has 0 aromatic heterocycles. The molecule has 0 spiro atoms. The van der Waals surface area contributed by atoms with E-state index < -0.39 is 0 Å². The van der Waals surface area contributed by atoms with Gasteiger partial charge in [0.15, 0.2) is 0 Å². The van der Waals surface area contributed by atoms with Gasteiger partial charge in [0.2, 0.25) is 0 Å². The van der Waals surface area contributed by atoms with Gasteiger partial charge in [-0.2, -0.15) is 0 Å². The summed E-state index contributed by atoms with van der Waals surface area (Å²) in [5.74, 6) is 0. The summed E-state index contributed by atoms with van der Waals surface area (Å²) in [6.45, 7) is 15.6. The van der Waals surface area contributed by atoms with Crippen LogP contribution in [0.3, 0.4) is 0 Å². The maximum absolute atomic E-state index is 3.71. The molecule has 2 heterocycles. The molecule has 2 fully saturated rings. The Morgan fingerprint density at radius 2 is 0.868 bits per heavy atom. The van der Waals surface area contributed by atoms with Gasteiger partial charge in [-0.3, -0.25) is 0 Å². The molecule has 0 bridgehead atoms. The zero-order valence-electron chi connectivity index (χ0n) is 31.9. The normalized spacial score (nSPS) is 16.0. The van der Waals surface area contributed by atoms with Gasteiger partial charge in [0.05, 0.1) is 0 Å². The standard InChI is InChI=1S/C43H60N8S2/c1-48-26-30-50(31-27-48)24-10-22-46-40-16-3-5-18-42(40)52-38-14-7-12-36(34-38)44-20-9-21-45-37-13-8-15-39(35-37)53-43-19-6-4-17-41(43)47-23-11-25-51-32-28-49(2)29-33-51/h3-8,12-19,34-35,44-47H,9-11,20-33H2,1-2H3. The maximum atomic E-state index is 3.71. The molecular weight excluding hydrogens is 693 g/mol. The van der Waals surface area contributed by atoms with Crippen LogP contribution in [0.4, 0.5) is 22.7 Å². The van der Waals surface area contributed by atoms with E-state index >= 15 is 0 Å². The van der Waals surface area contributed by atoms with Crippen LogP contribution in [0.5, 0.6) is 0 Å². The Bertz CT molecular complexity index is 1530. The minimum Gasteiger partial charge on any atom is -0.385 e. The van der Waals surface area contributed by atoms with E-state index in [0.29, 0.717) is 0 Å². The molecule has 10 heteroatoms. The lowest BCUT2D eigenvalue weighted by Crippen LogP contribution is -2.44. The number of hydrogen-bond acceptors (Lipinski definition) is 10. The first kappa shape index (κ1) is 39.3. The van der Waals surface area contributed by atoms with Gasteiger partial charge < -0.3 is 40.9 Å². The van der Waals surface area contributed by atoms with Gasteiger partial charge in [-0.15, -0.1) is 0 Å². The first-order chi connectivity index (χ1) is 26.1. The average Bonchev–Trinajstić information content (AvgIpc) is 3.18. The van der Waals surface area contributed by atoms with Gasteiger partial charge in [0.1, 0.15) is 0 Å². The van der Waals surface area contributed by atoms with Crippen molar-refractivity contribution in [3.8, 4) is 0 Å². The maximum Gasteiger partial charge on any atom is 0.0482 e. The van der Waals surface area contributed by atoms with E-state index in [0.717, 1.165) is 69.9 Å². The summed E-state index contributed by atoms with van der Waals surface area (Å²) in [5.41, 5.74) is 4.77. The Morgan fingerprint density at radius 1 is 0.453 bits per heavy atom. The lowest BCUT2D eigenvalue weighted by atomic mass is 10.3. The van der Waals surface area contributed by atoms with E-state index in [-0.39, 0.29) is 0 Å². The first-order valence-electron chi connectivity index (χ1n) is 19.6. The van der Waals surface area contributed by atoms with Crippen molar-refractivity contribution in [1.29, 1.82) is 0 Å². The zero-order chi connectivity index (χ0) is 36.5. The number of nitrogens with one attached hydrogen (secondary N) is 4. The molecule has 0 aliphatic carbocycles. The second-order valence-corrected chi connectivity index (χ2v) is 16.5. The number of nitrogens with zero attached hydrogens (tertiary/aromatic N) is 4. The summed E-state index contributed by atoms with van der Waals surface area (Å²) >= 11 is 3.66. The summed E-state index contributed by atoms with van der Waals surface area (Å²) < 4.78 is 0. The van der Waals surface area contributed by atoms with E-state index in [1.165, 1.54) is 83.3 Å². The number of piperazine rings is 2. The molecule has 4 N–H and O–H groups in total. The van der Waals surface area contributed by atoms with E-state index in [4.69, 9.17) is 0 Å². The highest BCUT2D eigenvalue weighted by atomic mass is 32.2. The third-order valence-electron chi connectivity index (χ3n) is 10.0. The van der Waals surface area contributed by atoms with Crippen molar-refractivity contribution in [3.05, 3.63) is 97.1 Å². The second kappa shape index (κ2) is 21.5. The number of likely N-dealkylation sites (N-methyl/N-ethyl adjacent to an activating group) is 2. The average molecular weight is 753 g/mol. The summed E-state index contributed by atoms with van der Waals surface area (Å²) in [6.07, 6.45) is 3.34. The van der Waals surface area contributed by atoms with Crippen LogP contribution < -0.4 is 21.3 Å². The fraction of sp³-hybridized carbons (Fsp3) is 0.442. The van der Waals surface area contributed by atoms with Crippen molar-refractivity contribution in [2.45, 2.75) is 38.8 Å². The van der Waals surface area contributed by atoms with Crippen molar-refractivity contribution in [2.24, 2.45) is 0 Å². The number of para-hydroxylation sites is 2. The van der Waals surface area contributed by atoms with Crippen LogP contribution >= 0.6 is 23.5 Å². The lowest BCUT2D eigenvalue weighted by molar-refractivity contribution is 0.154. The zero-order valence-corrected chi connectivity index (χ0v) is 33.5. The van der Waals surface area contributed by atoms with Gasteiger partial charge >= 0.3 is 0 Å². The number of hydrogen-bond donors (Lipinski definition) is 4. The summed E-state index contributed by atoms with van der Waals surface area (Å²) in [6, 6.07) is 35.0. The Balaban J connectivity index is 0.896. The van der Waals surface area contributed by atoms with Gasteiger partial charge in [0, 0.05) is 121 Å². The van der Waals surface area contributed by atoms with Crippen LogP contribution in [0, 0.1) is 0 Å². The molecule has 2 aliphatic heterocycles. The molecule has 284 valence electrons. The second-order valence-electron chi connectivity index (χ2n) is 14.3. The van der Waals surface area contributed by atoms with E-state index in [1.807, 2.05) is 23.5 Å². The molecule has 0 saturated carbocycles. The molecule has 6 rings (SSSR count). The predicted molar refractivity (Wildman–Crippen MR) is 230 cm³/mol. The lowest BCUT2D eigenvalue weighted by Gasteiger charge is -2.32. The molecule has 0 radical (unpaired) electrons. The topological polar surface area (TPSA) is 61.1 Å². The van der Waals surface area contributed by atoms with Crippen molar-refractivity contribution in [2.75, 3.05) is 127 Å². The monoisotopic (exact) mass is 752 g/mol. The number of rotatable bonds is 20. The summed E-state index contributed by atoms with van der Waals surface area (Å²) in [5, 5.41) is 14.7. The predicted octanol–water partition coefficient (Wildman–Crippen LogP) is 8.00. The highest BCUT2D eigenvalue weighted by molar-refractivity contribution is 7.99. The fourth-order valence-electron chi connectivity index (χ4n) is 6.74. The smallest absolute Gasteiger partial charge is 0.0482 e. The van der Waals surface area contributed by atoms with E-state index in [9.17, 15) is 0 Å². The highest BCUT2D eigenvalue weighted by Gasteiger charge is 2.14. The molecule has 53 heavy (non-hydrogen) atoms. The molecular formula is C43H60N8S2. The van der Waals surface area contributed by atoms with E-state index in [1.54, 1.807) is 0 Å². The van der Waals surface area contributed by atoms with Crippen LogP contribution in [0.15, 0.2) is 117 Å². The van der Waals surface area contributed by atoms with Gasteiger partial charge in [-0.1, -0.05) is 59.9 Å². The summed E-state index contributed by atoms with van der Waals surface area (Å²) in [7, 11) is 4.43. The Kier molecular flexibility index (Phi) is 15.9. The van der Waals surface area contributed by atoms with Gasteiger partial charge in [-0.25, -0.2) is 0 Å². The fourth-order valence-corrected chi connectivity index (χ4v) is 8.71. The quantitative estimate of drug-likeness (QED) is 0.0669. The van der Waals surface area contributed by atoms with Crippen molar-refractivity contribution in [1.82, 2.24) is 19.6 Å². The van der Waals surface area contributed by atoms with Crippen molar-refractivity contribution in [3.63, 3.8) is 0 Å². The molecule has 2 aliphatic rings. The Morgan fingerprint density at radius 3 is 1.32 bits per heavy atom. The van der Waals surface area contributed by atoms with Crippen LogP contribution in [0.2, 0.25) is 0 Å². The Labute approximate surface area is 327 Å². The molecule has 2 saturated heterocycles. The highest BCUT2D eigenvalue weighted by Crippen LogP contribution is 2.35. The SMILES string of the molecule is CN1CCN(CCCNc2ccccc2Sc2cccc(NCCCNc3cccc(Sc4ccccc4NCCCN4CCN(C)CC4)c3)c2)CC1. The number of anilines is 4. The molecule has 0 unspecified atom stereocenters. The number of benzene rings is 4. The molecule has 0 amide bonds. The molecule has 4 aromatic carbocycles. The molecule has 4 aromatic rings. The van der Waals surface area contributed by atoms with Crippen molar-refractivity contribution >= 4 is 46.3 Å². The minimum absolute atomic E-state index is 0.912. The third-order valence-corrected chi connectivity index (χ3v) is 12.2. The molecule has 0 atom stereocenters. The van der Waals surface area contributed by atoms with Crippen LogP contribution in [0.1, 0.15) is 19.3 Å². The van der Waals surface area contributed by atoms with Crippen molar-refractivity contribution < 1.29 is 0 Å². The van der Waals surface area contributed by atoms with Crippen LogP contribution in [-0.2, 0) is 0 Å². The van der Waals surface area contributed by atoms with Crippen LogP contribution in [-0.4, -0.2) is 125 Å². The van der Waals surface area contributed by atoms with E-state index in [2.05, 4.69) is 152 Å². The summed E-state index contributed by atoms with van der Waals surface area (Å²) in [4.78, 5) is 15.0. The third kappa shape index (κ3) is 13.5. The Hall–Kier alpha value is -3.38. The molecule has 8 nitrogen and oxygen atoms in total. The van der Waals surface area contributed by atoms with Crippen LogP contribution in [0.25, 0.3) is 0 Å². The van der Waals surface area contributed by atoms with Gasteiger partial charge in [-0.05, 0) is 107 Å². The van der Waals surface area contributed by atoms with Gasteiger partial charge in [0.25, 0.3) is 0 Å². The first-order valence-corrected chi connectivity index (χ1v) is 21.2. The minimum atomic E-state index is 0.912. The largest absolute Gasteiger partial charge is 0.385 e.